The predicted octanol–water partition coefficient (Wildman–Crippen LogP) is 4.51. The minimum absolute atomic E-state index is 0.0646. The number of halogens is 2. The Labute approximate surface area is 250 Å². The van der Waals surface area contributed by atoms with E-state index in [2.05, 4.69) is 50.2 Å². The number of benzene rings is 2. The summed E-state index contributed by atoms with van der Waals surface area (Å²) in [5.41, 5.74) is 1.59. The number of phenolic OH excluding ortho intramolecular Hbond substituents is 1. The monoisotopic (exact) mass is 760 g/mol. The Bertz CT molecular complexity index is 1620. The normalized spacial score (nSPS) is 15.4. The molecule has 4 rings (SSSR count). The van der Waals surface area contributed by atoms with E-state index in [1.54, 1.807) is 45.2 Å². The highest BCUT2D eigenvalue weighted by atomic mass is 127. The van der Waals surface area contributed by atoms with E-state index in [1.807, 2.05) is 26.0 Å². The lowest BCUT2D eigenvalue weighted by Gasteiger charge is -2.25. The highest BCUT2D eigenvalue weighted by Crippen LogP contribution is 2.36. The Morgan fingerprint density at radius 3 is 2.63 bits per heavy atom. The fraction of sp³-hybridized carbons (Fsp3) is 0.296. The maximum atomic E-state index is 13.8. The molecule has 0 saturated heterocycles. The molecule has 1 aromatic heterocycles. The number of allylic oxidation sites excluding steroid dienone is 1. The Hall–Kier alpha value is -2.39. The van der Waals surface area contributed by atoms with Gasteiger partial charge >= 0.3 is 5.97 Å². The van der Waals surface area contributed by atoms with E-state index in [1.165, 1.54) is 15.9 Å². The number of carbonyl (C=O) groups is 1. The van der Waals surface area contributed by atoms with Crippen LogP contribution in [-0.2, 0) is 9.53 Å². The molecule has 0 unspecified atom stereocenters. The van der Waals surface area contributed by atoms with E-state index < -0.39 is 12.0 Å². The molecule has 2 heterocycles. The summed E-state index contributed by atoms with van der Waals surface area (Å²) < 4.78 is 20.3. The lowest BCUT2D eigenvalue weighted by Crippen LogP contribution is -2.40. The van der Waals surface area contributed by atoms with Crippen LogP contribution in [0.1, 0.15) is 44.9 Å². The first kappa shape index (κ1) is 28.6. The van der Waals surface area contributed by atoms with Crippen LogP contribution in [0, 0.1) is 7.14 Å². The third kappa shape index (κ3) is 5.64. The molecule has 0 aliphatic carbocycles. The summed E-state index contributed by atoms with van der Waals surface area (Å²) in [7, 11) is 1.54. The first-order chi connectivity index (χ1) is 18.0. The summed E-state index contributed by atoms with van der Waals surface area (Å²) in [6.45, 7) is 7.49. The third-order valence-electron chi connectivity index (χ3n) is 5.73. The Morgan fingerprint density at radius 1 is 1.24 bits per heavy atom. The highest BCUT2D eigenvalue weighted by molar-refractivity contribution is 14.1. The molecule has 200 valence electrons. The number of rotatable bonds is 7. The lowest BCUT2D eigenvalue weighted by atomic mass is 9.95. The molecule has 0 radical (unpaired) electrons. The van der Waals surface area contributed by atoms with Crippen molar-refractivity contribution in [3.63, 3.8) is 0 Å². The lowest BCUT2D eigenvalue weighted by molar-refractivity contribution is -0.139. The largest absolute Gasteiger partial charge is 0.506 e. The number of aromatic nitrogens is 1. The summed E-state index contributed by atoms with van der Waals surface area (Å²) in [6.07, 6.45) is 1.59. The SMILES string of the molecule is CCOC(=O)C1=C(C)N=c2s/c(=C\c3cc(I)cc(I)c3O)c(=O)n2[C@@H]1c1ccc(OC(C)C)c(OC)c1. The van der Waals surface area contributed by atoms with Gasteiger partial charge in [-0.05, 0) is 109 Å². The van der Waals surface area contributed by atoms with Crippen molar-refractivity contribution in [2.75, 3.05) is 13.7 Å². The van der Waals surface area contributed by atoms with Crippen LogP contribution in [0.4, 0.5) is 0 Å². The molecule has 0 bridgehead atoms. The Morgan fingerprint density at radius 2 is 1.97 bits per heavy atom. The molecule has 0 saturated carbocycles. The summed E-state index contributed by atoms with van der Waals surface area (Å²) in [5.74, 6) is 0.594. The summed E-state index contributed by atoms with van der Waals surface area (Å²) in [5, 5.41) is 10.6. The topological polar surface area (TPSA) is 99.4 Å². The van der Waals surface area contributed by atoms with Gasteiger partial charge < -0.3 is 19.3 Å². The number of aromatic hydroxyl groups is 1. The van der Waals surface area contributed by atoms with Gasteiger partial charge in [0.15, 0.2) is 16.3 Å². The zero-order valence-electron chi connectivity index (χ0n) is 21.4. The number of fused-ring (bicyclic) bond motifs is 1. The molecule has 38 heavy (non-hydrogen) atoms. The van der Waals surface area contributed by atoms with Gasteiger partial charge in [-0.2, -0.15) is 0 Å². The van der Waals surface area contributed by atoms with Gasteiger partial charge in [0.2, 0.25) is 0 Å². The maximum absolute atomic E-state index is 13.8. The number of thiazole rings is 1. The number of methoxy groups -OCH3 is 1. The molecule has 11 heteroatoms. The third-order valence-corrected chi connectivity index (χ3v) is 8.16. The zero-order chi connectivity index (χ0) is 27.7. The van der Waals surface area contributed by atoms with Crippen molar-refractivity contribution >= 4 is 68.6 Å². The fourth-order valence-corrected chi connectivity index (χ4v) is 7.08. The quantitative estimate of drug-likeness (QED) is 0.282. The molecule has 8 nitrogen and oxygen atoms in total. The second kappa shape index (κ2) is 11.8. The van der Waals surface area contributed by atoms with Gasteiger partial charge in [-0.25, -0.2) is 9.79 Å². The minimum Gasteiger partial charge on any atom is -0.506 e. The van der Waals surface area contributed by atoms with Crippen molar-refractivity contribution in [1.82, 2.24) is 4.57 Å². The van der Waals surface area contributed by atoms with Gasteiger partial charge in [-0.1, -0.05) is 17.4 Å². The van der Waals surface area contributed by atoms with Crippen LogP contribution in [-0.4, -0.2) is 35.5 Å². The molecule has 0 spiro atoms. The van der Waals surface area contributed by atoms with E-state index in [0.717, 1.165) is 3.57 Å². The van der Waals surface area contributed by atoms with E-state index in [9.17, 15) is 14.7 Å². The average molecular weight is 760 g/mol. The van der Waals surface area contributed by atoms with Crippen LogP contribution >= 0.6 is 56.5 Å². The number of hydrogen-bond acceptors (Lipinski definition) is 8. The molecule has 1 N–H and O–H groups in total. The second-order valence-corrected chi connectivity index (χ2v) is 12.1. The van der Waals surface area contributed by atoms with Crippen molar-refractivity contribution in [1.29, 1.82) is 0 Å². The van der Waals surface area contributed by atoms with E-state index in [-0.39, 0.29) is 29.6 Å². The molecule has 1 atom stereocenters. The predicted molar refractivity (Wildman–Crippen MR) is 163 cm³/mol. The van der Waals surface area contributed by atoms with Gasteiger partial charge in [0, 0.05) is 9.13 Å². The van der Waals surface area contributed by atoms with Crippen LogP contribution in [0.5, 0.6) is 17.2 Å². The number of carbonyl (C=O) groups excluding carboxylic acids is 1. The Kier molecular flexibility index (Phi) is 8.87. The van der Waals surface area contributed by atoms with Crippen LogP contribution in [0.3, 0.4) is 0 Å². The molecule has 3 aromatic rings. The highest BCUT2D eigenvalue weighted by Gasteiger charge is 2.34. The standard InChI is InChI=1S/C27H26I2N2O6S/c1-6-36-26(34)22-14(4)30-27-31(23(22)15-7-8-19(37-13(2)3)20(10-15)35-5)25(33)21(38-27)11-16-9-17(28)12-18(29)24(16)32/h7-13,23,32H,6H2,1-5H3/b21-11-/t23-/m1/s1. The minimum atomic E-state index is -0.793. The molecule has 1 aliphatic rings. The summed E-state index contributed by atoms with van der Waals surface area (Å²) in [6, 6.07) is 8.22. The van der Waals surface area contributed by atoms with E-state index in [0.29, 0.717) is 41.2 Å². The molecular formula is C27H26I2N2O6S. The molecule has 0 amide bonds. The number of phenols is 1. The van der Waals surface area contributed by atoms with Crippen molar-refractivity contribution in [2.24, 2.45) is 4.99 Å². The van der Waals surface area contributed by atoms with Crippen molar-refractivity contribution in [2.45, 2.75) is 39.8 Å². The number of hydrogen-bond donors (Lipinski definition) is 1. The maximum Gasteiger partial charge on any atom is 0.338 e. The van der Waals surface area contributed by atoms with Gasteiger partial charge in [-0.3, -0.25) is 9.36 Å². The van der Waals surface area contributed by atoms with Crippen molar-refractivity contribution in [3.05, 3.63) is 79.6 Å². The zero-order valence-corrected chi connectivity index (χ0v) is 26.5. The molecule has 0 fully saturated rings. The van der Waals surface area contributed by atoms with E-state index >= 15 is 0 Å². The number of nitrogens with zero attached hydrogens (tertiary/aromatic N) is 2. The van der Waals surface area contributed by atoms with Gasteiger partial charge in [0.1, 0.15) is 5.75 Å². The van der Waals surface area contributed by atoms with Crippen LogP contribution in [0.25, 0.3) is 6.08 Å². The van der Waals surface area contributed by atoms with Crippen LogP contribution in [0.2, 0.25) is 0 Å². The van der Waals surface area contributed by atoms with Gasteiger partial charge in [-0.15, -0.1) is 0 Å². The fourth-order valence-electron chi connectivity index (χ4n) is 4.15. The van der Waals surface area contributed by atoms with Crippen molar-refractivity contribution in [3.8, 4) is 17.2 Å². The van der Waals surface area contributed by atoms with E-state index in [4.69, 9.17) is 14.2 Å². The first-order valence-electron chi connectivity index (χ1n) is 11.8. The smallest absolute Gasteiger partial charge is 0.338 e. The van der Waals surface area contributed by atoms with Gasteiger partial charge in [0.05, 0.1) is 45.2 Å². The van der Waals surface area contributed by atoms with Gasteiger partial charge in [0.25, 0.3) is 5.56 Å². The summed E-state index contributed by atoms with van der Waals surface area (Å²) in [4.78, 5) is 32.0. The number of esters is 1. The van der Waals surface area contributed by atoms with Crippen LogP contribution < -0.4 is 24.4 Å². The van der Waals surface area contributed by atoms with Crippen LogP contribution in [0.15, 0.2) is 51.4 Å². The molecular weight excluding hydrogens is 734 g/mol. The average Bonchev–Trinajstić information content (AvgIpc) is 3.15. The molecule has 2 aromatic carbocycles. The molecule has 1 aliphatic heterocycles. The second-order valence-electron chi connectivity index (χ2n) is 8.70. The first-order valence-corrected chi connectivity index (χ1v) is 14.7. The summed E-state index contributed by atoms with van der Waals surface area (Å²) >= 11 is 5.42. The Balaban J connectivity index is 1.97. The van der Waals surface area contributed by atoms with Crippen molar-refractivity contribution < 1.29 is 24.1 Å². The number of ether oxygens (including phenoxy) is 3.